The average molecular weight is 303 g/mol. The van der Waals surface area contributed by atoms with Gasteiger partial charge < -0.3 is 15.2 Å². The second-order valence-electron chi connectivity index (χ2n) is 5.97. The van der Waals surface area contributed by atoms with Crippen molar-refractivity contribution in [2.45, 2.75) is 52.1 Å². The molecule has 1 aliphatic heterocycles. The van der Waals surface area contributed by atoms with Crippen LogP contribution in [0.2, 0.25) is 0 Å². The minimum atomic E-state index is -0.310. The molecule has 0 aromatic heterocycles. The first-order valence-electron chi connectivity index (χ1n) is 8.38. The highest BCUT2D eigenvalue weighted by atomic mass is 16.5. The smallest absolute Gasteiger partial charge is 0.0914 e. The molecule has 1 atom stereocenters. The molecule has 0 saturated heterocycles. The van der Waals surface area contributed by atoms with E-state index in [0.717, 1.165) is 25.9 Å². The first kappa shape index (κ1) is 17.0. The molecule has 0 fully saturated rings. The van der Waals surface area contributed by atoms with E-state index in [0.29, 0.717) is 6.42 Å². The van der Waals surface area contributed by atoms with Crippen molar-refractivity contribution in [1.82, 2.24) is 0 Å². The predicted molar refractivity (Wildman–Crippen MR) is 93.3 cm³/mol. The lowest BCUT2D eigenvalue weighted by Crippen LogP contribution is -2.38. The molecule has 0 radical (unpaired) electrons. The first-order valence-corrected chi connectivity index (χ1v) is 8.38. The van der Waals surface area contributed by atoms with E-state index in [-0.39, 0.29) is 12.2 Å². The zero-order chi connectivity index (χ0) is 16.2. The number of nitrogens with one attached hydrogen (secondary N) is 1. The van der Waals surface area contributed by atoms with Gasteiger partial charge in [0.15, 0.2) is 0 Å². The van der Waals surface area contributed by atoms with E-state index in [4.69, 9.17) is 4.74 Å². The van der Waals surface area contributed by atoms with Crippen LogP contribution in [0.4, 0.5) is 5.69 Å². The van der Waals surface area contributed by atoms with Crippen molar-refractivity contribution >= 4 is 11.3 Å². The SMILES string of the molecule is CCc1cccc(C2=C(C)C(CC)(CCO)OCC2)c1NC. The minimum Gasteiger partial charge on any atom is -0.396 e. The van der Waals surface area contributed by atoms with Crippen molar-refractivity contribution in [1.29, 1.82) is 0 Å². The van der Waals surface area contributed by atoms with Crippen LogP contribution in [0.15, 0.2) is 23.8 Å². The quantitative estimate of drug-likeness (QED) is 0.834. The molecule has 1 aromatic rings. The molecule has 0 amide bonds. The van der Waals surface area contributed by atoms with Crippen molar-refractivity contribution in [3.63, 3.8) is 0 Å². The maximum absolute atomic E-state index is 9.46. The Kier molecular flexibility index (Phi) is 5.65. The van der Waals surface area contributed by atoms with E-state index >= 15 is 0 Å². The summed E-state index contributed by atoms with van der Waals surface area (Å²) in [5.74, 6) is 0. The third-order valence-corrected chi connectivity index (χ3v) is 5.06. The summed E-state index contributed by atoms with van der Waals surface area (Å²) >= 11 is 0. The van der Waals surface area contributed by atoms with Crippen LogP contribution in [0.5, 0.6) is 0 Å². The Morgan fingerprint density at radius 3 is 2.68 bits per heavy atom. The number of aliphatic hydroxyl groups excluding tert-OH is 1. The van der Waals surface area contributed by atoms with E-state index in [1.807, 2.05) is 7.05 Å². The number of hydrogen-bond donors (Lipinski definition) is 2. The highest BCUT2D eigenvalue weighted by molar-refractivity contribution is 5.81. The van der Waals surface area contributed by atoms with E-state index in [2.05, 4.69) is 44.3 Å². The van der Waals surface area contributed by atoms with Gasteiger partial charge in [0, 0.05) is 31.3 Å². The number of anilines is 1. The molecular weight excluding hydrogens is 274 g/mol. The summed E-state index contributed by atoms with van der Waals surface area (Å²) in [4.78, 5) is 0. The molecule has 0 aliphatic carbocycles. The van der Waals surface area contributed by atoms with Gasteiger partial charge in [-0.3, -0.25) is 0 Å². The minimum absolute atomic E-state index is 0.159. The van der Waals surface area contributed by atoms with Gasteiger partial charge in [-0.2, -0.15) is 0 Å². The highest BCUT2D eigenvalue weighted by Crippen LogP contribution is 2.42. The first-order chi connectivity index (χ1) is 10.6. The van der Waals surface area contributed by atoms with Crippen LogP contribution in [-0.2, 0) is 11.2 Å². The van der Waals surface area contributed by atoms with Gasteiger partial charge in [-0.1, -0.05) is 32.0 Å². The van der Waals surface area contributed by atoms with Crippen LogP contribution >= 0.6 is 0 Å². The Morgan fingerprint density at radius 2 is 2.09 bits per heavy atom. The third kappa shape index (κ3) is 2.92. The molecule has 2 N–H and O–H groups in total. The lowest BCUT2D eigenvalue weighted by molar-refractivity contribution is -0.0392. The van der Waals surface area contributed by atoms with Crippen LogP contribution in [0.25, 0.3) is 5.57 Å². The van der Waals surface area contributed by atoms with Gasteiger partial charge in [0.05, 0.1) is 12.2 Å². The summed E-state index contributed by atoms with van der Waals surface area (Å²) in [5, 5.41) is 12.8. The summed E-state index contributed by atoms with van der Waals surface area (Å²) in [6, 6.07) is 6.53. The van der Waals surface area contributed by atoms with Crippen molar-refractivity contribution < 1.29 is 9.84 Å². The highest BCUT2D eigenvalue weighted by Gasteiger charge is 2.36. The van der Waals surface area contributed by atoms with Crippen LogP contribution in [0, 0.1) is 0 Å². The number of ether oxygens (including phenoxy) is 1. The Labute approximate surface area is 134 Å². The molecule has 122 valence electrons. The van der Waals surface area contributed by atoms with Crippen molar-refractivity contribution in [3.05, 3.63) is 34.9 Å². The van der Waals surface area contributed by atoms with Gasteiger partial charge in [0.25, 0.3) is 0 Å². The van der Waals surface area contributed by atoms with Crippen molar-refractivity contribution in [2.75, 3.05) is 25.6 Å². The van der Waals surface area contributed by atoms with E-state index in [1.165, 1.54) is 28.0 Å². The lowest BCUT2D eigenvalue weighted by atomic mass is 9.80. The molecule has 22 heavy (non-hydrogen) atoms. The standard InChI is InChI=1S/C19H29NO2/c1-5-15-8-7-9-17(18(15)20-4)16-10-13-22-19(6-2,11-12-21)14(16)3/h7-9,20-21H,5-6,10-13H2,1-4H3. The Balaban J connectivity index is 2.57. The summed E-state index contributed by atoms with van der Waals surface area (Å²) < 4.78 is 6.11. The monoisotopic (exact) mass is 303 g/mol. The molecule has 1 unspecified atom stereocenters. The van der Waals surface area contributed by atoms with Crippen LogP contribution < -0.4 is 5.32 Å². The van der Waals surface area contributed by atoms with Crippen LogP contribution in [0.1, 0.15) is 51.2 Å². The lowest BCUT2D eigenvalue weighted by Gasteiger charge is -2.39. The molecule has 0 bridgehead atoms. The van der Waals surface area contributed by atoms with Crippen molar-refractivity contribution in [2.24, 2.45) is 0 Å². The molecule has 1 aliphatic rings. The number of rotatable bonds is 6. The molecule has 0 spiro atoms. The summed E-state index contributed by atoms with van der Waals surface area (Å²) in [7, 11) is 1.99. The molecular formula is C19H29NO2. The third-order valence-electron chi connectivity index (χ3n) is 5.06. The zero-order valence-electron chi connectivity index (χ0n) is 14.3. The molecule has 3 heteroatoms. The van der Waals surface area contributed by atoms with Gasteiger partial charge in [0.2, 0.25) is 0 Å². The maximum atomic E-state index is 9.46. The average Bonchev–Trinajstić information content (AvgIpc) is 2.56. The number of para-hydroxylation sites is 1. The second kappa shape index (κ2) is 7.30. The van der Waals surface area contributed by atoms with Gasteiger partial charge in [-0.15, -0.1) is 0 Å². The van der Waals surface area contributed by atoms with Crippen molar-refractivity contribution in [3.8, 4) is 0 Å². The van der Waals surface area contributed by atoms with Gasteiger partial charge in [-0.05, 0) is 42.9 Å². The number of aliphatic hydroxyl groups is 1. The second-order valence-corrected chi connectivity index (χ2v) is 5.97. The summed E-state index contributed by atoms with van der Waals surface area (Å²) in [6.45, 7) is 7.38. The fourth-order valence-corrected chi connectivity index (χ4v) is 3.68. The largest absolute Gasteiger partial charge is 0.396 e. The van der Waals surface area contributed by atoms with E-state index in [9.17, 15) is 5.11 Å². The normalized spacial score (nSPS) is 22.0. The van der Waals surface area contributed by atoms with Crippen LogP contribution in [-0.4, -0.2) is 31.0 Å². The Bertz CT molecular complexity index is 550. The van der Waals surface area contributed by atoms with E-state index in [1.54, 1.807) is 0 Å². The van der Waals surface area contributed by atoms with Gasteiger partial charge in [-0.25, -0.2) is 0 Å². The van der Waals surface area contributed by atoms with E-state index < -0.39 is 0 Å². The topological polar surface area (TPSA) is 41.5 Å². The van der Waals surface area contributed by atoms with Gasteiger partial charge in [0.1, 0.15) is 0 Å². The summed E-state index contributed by atoms with van der Waals surface area (Å²) in [6.07, 6.45) is 3.51. The molecule has 0 saturated carbocycles. The maximum Gasteiger partial charge on any atom is 0.0914 e. The fraction of sp³-hybridized carbons (Fsp3) is 0.579. The summed E-state index contributed by atoms with van der Waals surface area (Å²) in [5.41, 5.74) is 6.21. The molecule has 1 aromatic carbocycles. The number of hydrogen-bond acceptors (Lipinski definition) is 3. The van der Waals surface area contributed by atoms with Crippen LogP contribution in [0.3, 0.4) is 0 Å². The Hall–Kier alpha value is -1.32. The fourth-order valence-electron chi connectivity index (χ4n) is 3.68. The molecule has 1 heterocycles. The predicted octanol–water partition coefficient (Wildman–Crippen LogP) is 4.02. The number of aryl methyl sites for hydroxylation is 1. The Morgan fingerprint density at radius 1 is 1.32 bits per heavy atom. The van der Waals surface area contributed by atoms with Gasteiger partial charge >= 0.3 is 0 Å². The molecule has 2 rings (SSSR count). The molecule has 3 nitrogen and oxygen atoms in total. The zero-order valence-corrected chi connectivity index (χ0v) is 14.3. The number of benzene rings is 1.